The summed E-state index contributed by atoms with van der Waals surface area (Å²) < 4.78 is 0.0524. The van der Waals surface area contributed by atoms with Crippen LogP contribution in [0.15, 0.2) is 36.4 Å². The summed E-state index contributed by atoms with van der Waals surface area (Å²) in [6.07, 6.45) is 4.38. The Morgan fingerprint density at radius 3 is 2.33 bits per heavy atom. The quantitative estimate of drug-likeness (QED) is 0.706. The van der Waals surface area contributed by atoms with Gasteiger partial charge in [0.05, 0.1) is 0 Å². The van der Waals surface area contributed by atoms with Gasteiger partial charge in [-0.1, -0.05) is 57.2 Å². The van der Waals surface area contributed by atoms with Gasteiger partial charge in [0.1, 0.15) is 0 Å². The van der Waals surface area contributed by atoms with E-state index >= 15 is 0 Å². The third kappa shape index (κ3) is 4.57. The lowest BCUT2D eigenvalue weighted by atomic mass is 9.95. The van der Waals surface area contributed by atoms with Crippen molar-refractivity contribution in [2.75, 3.05) is 0 Å². The minimum absolute atomic E-state index is 0.0524. The van der Waals surface area contributed by atoms with Crippen molar-refractivity contribution in [1.29, 1.82) is 0 Å². The normalized spacial score (nSPS) is 12.9. The molecule has 0 aliphatic carbocycles. The van der Waals surface area contributed by atoms with Crippen LogP contribution in [0.4, 0.5) is 0 Å². The molecular weight excluding hydrogens is 200 g/mol. The summed E-state index contributed by atoms with van der Waals surface area (Å²) in [5.41, 5.74) is 2.72. The zero-order valence-electron chi connectivity index (χ0n) is 9.83. The summed E-state index contributed by atoms with van der Waals surface area (Å²) >= 11 is 4.60. The summed E-state index contributed by atoms with van der Waals surface area (Å²) in [6, 6.07) is 10.6. The molecule has 0 unspecified atom stereocenters. The first-order valence-electron chi connectivity index (χ1n) is 5.50. The topological polar surface area (TPSA) is 0 Å². The highest BCUT2D eigenvalue weighted by molar-refractivity contribution is 7.81. The Morgan fingerprint density at radius 2 is 1.87 bits per heavy atom. The predicted molar refractivity (Wildman–Crippen MR) is 72.4 cm³/mol. The highest BCUT2D eigenvalue weighted by Gasteiger charge is 2.14. The maximum Gasteiger partial charge on any atom is 0.0114 e. The molecule has 0 nitrogen and oxygen atoms in total. The van der Waals surface area contributed by atoms with Crippen LogP contribution in [0.25, 0.3) is 5.57 Å². The molecule has 1 rings (SSSR count). The molecule has 1 aromatic carbocycles. The average molecular weight is 220 g/mol. The molecule has 82 valence electrons. The van der Waals surface area contributed by atoms with Crippen molar-refractivity contribution in [2.24, 2.45) is 0 Å². The second kappa shape index (κ2) is 5.41. The number of hydrogen-bond donors (Lipinski definition) is 1. The van der Waals surface area contributed by atoms with Crippen molar-refractivity contribution < 1.29 is 0 Å². The highest BCUT2D eigenvalue weighted by atomic mass is 32.1. The van der Waals surface area contributed by atoms with E-state index in [4.69, 9.17) is 0 Å². The van der Waals surface area contributed by atoms with Crippen molar-refractivity contribution >= 4 is 18.2 Å². The minimum Gasteiger partial charge on any atom is -0.173 e. The van der Waals surface area contributed by atoms with Crippen LogP contribution in [-0.4, -0.2) is 4.75 Å². The van der Waals surface area contributed by atoms with Gasteiger partial charge < -0.3 is 0 Å². The van der Waals surface area contributed by atoms with E-state index in [9.17, 15) is 0 Å². The molecule has 0 aliphatic heterocycles. The molecule has 0 radical (unpaired) electrons. The van der Waals surface area contributed by atoms with E-state index < -0.39 is 0 Å². The maximum atomic E-state index is 4.60. The van der Waals surface area contributed by atoms with Gasteiger partial charge >= 0.3 is 0 Å². The summed E-state index contributed by atoms with van der Waals surface area (Å²) in [4.78, 5) is 0. The fourth-order valence-corrected chi connectivity index (χ4v) is 1.83. The first-order chi connectivity index (χ1) is 7.03. The zero-order valence-corrected chi connectivity index (χ0v) is 10.7. The van der Waals surface area contributed by atoms with Crippen LogP contribution in [0, 0.1) is 0 Å². The van der Waals surface area contributed by atoms with Gasteiger partial charge in [0.2, 0.25) is 0 Å². The van der Waals surface area contributed by atoms with E-state index in [0.717, 1.165) is 12.8 Å². The van der Waals surface area contributed by atoms with E-state index in [1.807, 2.05) is 0 Å². The molecule has 1 heteroatoms. The summed E-state index contributed by atoms with van der Waals surface area (Å²) in [7, 11) is 0. The zero-order chi connectivity index (χ0) is 11.3. The lowest BCUT2D eigenvalue weighted by Gasteiger charge is -2.20. The second-order valence-corrected chi connectivity index (χ2v) is 5.70. The minimum atomic E-state index is 0.0524. The summed E-state index contributed by atoms with van der Waals surface area (Å²) in [5, 5.41) is 0. The molecule has 1 aromatic rings. The van der Waals surface area contributed by atoms with Gasteiger partial charge in [-0.15, -0.1) is 0 Å². The number of rotatable bonds is 4. The molecule has 0 saturated carbocycles. The molecule has 0 N–H and O–H groups in total. The Labute approximate surface area is 98.8 Å². The lowest BCUT2D eigenvalue weighted by Crippen LogP contribution is -2.10. The van der Waals surface area contributed by atoms with Gasteiger partial charge in [-0.3, -0.25) is 0 Å². The molecule has 15 heavy (non-hydrogen) atoms. The summed E-state index contributed by atoms with van der Waals surface area (Å²) in [6.45, 7) is 6.49. The van der Waals surface area contributed by atoms with Crippen LogP contribution in [-0.2, 0) is 0 Å². The molecule has 0 aromatic heterocycles. The van der Waals surface area contributed by atoms with E-state index in [2.05, 4.69) is 69.8 Å². The van der Waals surface area contributed by atoms with E-state index in [1.54, 1.807) is 0 Å². The van der Waals surface area contributed by atoms with Crippen LogP contribution in [0.5, 0.6) is 0 Å². The van der Waals surface area contributed by atoms with Crippen LogP contribution < -0.4 is 0 Å². The third-order valence-corrected chi connectivity index (χ3v) is 2.38. The fourth-order valence-electron chi connectivity index (χ4n) is 1.66. The Morgan fingerprint density at radius 1 is 1.27 bits per heavy atom. The maximum absolute atomic E-state index is 4.60. The monoisotopic (exact) mass is 220 g/mol. The van der Waals surface area contributed by atoms with Gasteiger partial charge in [-0.25, -0.2) is 0 Å². The predicted octanol–water partition coefficient (Wildman–Crippen LogP) is 4.58. The van der Waals surface area contributed by atoms with Gasteiger partial charge in [0.25, 0.3) is 0 Å². The molecule has 0 aliphatic rings. The Kier molecular flexibility index (Phi) is 4.46. The first kappa shape index (κ1) is 12.4. The van der Waals surface area contributed by atoms with Crippen molar-refractivity contribution in [3.05, 3.63) is 42.0 Å². The SMILES string of the molecule is CC/C=C(\CC(C)(C)S)c1ccccc1. The first-order valence-corrected chi connectivity index (χ1v) is 5.94. The van der Waals surface area contributed by atoms with Gasteiger partial charge in [0, 0.05) is 4.75 Å². The Balaban J connectivity index is 2.90. The van der Waals surface area contributed by atoms with Crippen molar-refractivity contribution in [1.82, 2.24) is 0 Å². The van der Waals surface area contributed by atoms with Gasteiger partial charge in [0.15, 0.2) is 0 Å². The molecule has 0 bridgehead atoms. The van der Waals surface area contributed by atoms with Gasteiger partial charge in [-0.2, -0.15) is 12.6 Å². The number of allylic oxidation sites excluding steroid dienone is 2. The van der Waals surface area contributed by atoms with Crippen molar-refractivity contribution in [2.45, 2.75) is 38.4 Å². The van der Waals surface area contributed by atoms with E-state index in [-0.39, 0.29) is 4.75 Å². The Bertz CT molecular complexity index is 317. The number of thiol groups is 1. The fraction of sp³-hybridized carbons (Fsp3) is 0.429. The molecule has 0 spiro atoms. The Hall–Kier alpha value is -0.690. The van der Waals surface area contributed by atoms with Crippen LogP contribution in [0.2, 0.25) is 0 Å². The molecule has 0 amide bonds. The lowest BCUT2D eigenvalue weighted by molar-refractivity contribution is 0.742. The molecule has 0 heterocycles. The van der Waals surface area contributed by atoms with Gasteiger partial charge in [-0.05, 0) is 24.0 Å². The van der Waals surface area contributed by atoms with Crippen molar-refractivity contribution in [3.63, 3.8) is 0 Å². The highest BCUT2D eigenvalue weighted by Crippen LogP contribution is 2.29. The number of hydrogen-bond acceptors (Lipinski definition) is 1. The average Bonchev–Trinajstić information content (AvgIpc) is 2.17. The van der Waals surface area contributed by atoms with E-state index in [1.165, 1.54) is 11.1 Å². The third-order valence-electron chi connectivity index (χ3n) is 2.22. The standard InChI is InChI=1S/C14H20S/c1-4-8-13(11-14(2,3)15)12-9-6-5-7-10-12/h5-10,15H,4,11H2,1-3H3/b13-8+. The second-order valence-electron chi connectivity index (χ2n) is 4.49. The van der Waals surface area contributed by atoms with Crippen LogP contribution in [0.1, 0.15) is 39.2 Å². The number of benzene rings is 1. The largest absolute Gasteiger partial charge is 0.173 e. The van der Waals surface area contributed by atoms with Crippen LogP contribution in [0.3, 0.4) is 0 Å². The molecule has 0 saturated heterocycles. The molecule has 0 atom stereocenters. The summed E-state index contributed by atoms with van der Waals surface area (Å²) in [5.74, 6) is 0. The van der Waals surface area contributed by atoms with Crippen molar-refractivity contribution in [3.8, 4) is 0 Å². The molecular formula is C14H20S. The van der Waals surface area contributed by atoms with Crippen LogP contribution >= 0.6 is 12.6 Å². The molecule has 0 fully saturated rings. The smallest absolute Gasteiger partial charge is 0.0114 e. The van der Waals surface area contributed by atoms with E-state index in [0.29, 0.717) is 0 Å².